The molecule has 1 aliphatic heterocycles. The Labute approximate surface area is 221 Å². The van der Waals surface area contributed by atoms with Gasteiger partial charge in [0.1, 0.15) is 0 Å². The summed E-state index contributed by atoms with van der Waals surface area (Å²) in [6, 6.07) is 12.5. The van der Waals surface area contributed by atoms with Crippen LogP contribution in [0.2, 0.25) is 0 Å². The lowest BCUT2D eigenvalue weighted by molar-refractivity contribution is -0.151. The predicted molar refractivity (Wildman–Crippen MR) is 139 cm³/mol. The van der Waals surface area contributed by atoms with Crippen molar-refractivity contribution in [3.8, 4) is 0 Å². The van der Waals surface area contributed by atoms with Gasteiger partial charge in [0.05, 0.1) is 30.3 Å². The highest BCUT2D eigenvalue weighted by molar-refractivity contribution is 6.00. The number of unbranched alkanes of at least 4 members (excludes halogenated alkanes) is 2. The van der Waals surface area contributed by atoms with Crippen molar-refractivity contribution < 1.29 is 38.2 Å². The number of rotatable bonds is 12. The van der Waals surface area contributed by atoms with Gasteiger partial charge in [-0.25, -0.2) is 9.59 Å². The van der Waals surface area contributed by atoms with E-state index < -0.39 is 36.3 Å². The van der Waals surface area contributed by atoms with Crippen molar-refractivity contribution in [2.45, 2.75) is 39.5 Å². The van der Waals surface area contributed by atoms with Gasteiger partial charge in [-0.15, -0.1) is 0 Å². The van der Waals surface area contributed by atoms with E-state index in [1.165, 1.54) is 29.2 Å². The van der Waals surface area contributed by atoms with Crippen LogP contribution in [0.1, 0.15) is 60.2 Å². The molecule has 1 heterocycles. The summed E-state index contributed by atoms with van der Waals surface area (Å²) in [7, 11) is 0. The molecule has 202 valence electrons. The largest absolute Gasteiger partial charge is 0.462 e. The minimum Gasteiger partial charge on any atom is -0.462 e. The molecule has 0 radical (unpaired) electrons. The number of carbonyl (C=O) groups is 5. The first-order chi connectivity index (χ1) is 18.3. The number of nitrogens with one attached hydrogen (secondary N) is 1. The molecule has 0 spiro atoms. The van der Waals surface area contributed by atoms with Crippen molar-refractivity contribution in [2.24, 2.45) is 5.92 Å². The molecule has 38 heavy (non-hydrogen) atoms. The SMILES string of the molecule is CCCCCOC(=O)c1ccc(N2C[C@@H](C(=O)OCC(=O)Nc3ccc(C(=O)OCC)cc3)CC2=O)cc1. The Hall–Kier alpha value is -4.21. The van der Waals surface area contributed by atoms with Crippen LogP contribution in [0.3, 0.4) is 0 Å². The van der Waals surface area contributed by atoms with E-state index >= 15 is 0 Å². The Bertz CT molecular complexity index is 1140. The van der Waals surface area contributed by atoms with Crippen LogP contribution in [-0.2, 0) is 28.6 Å². The van der Waals surface area contributed by atoms with E-state index in [4.69, 9.17) is 14.2 Å². The third kappa shape index (κ3) is 7.89. The first kappa shape index (κ1) is 28.4. The lowest BCUT2D eigenvalue weighted by Gasteiger charge is -2.17. The first-order valence-electron chi connectivity index (χ1n) is 12.6. The second kappa shape index (κ2) is 13.9. The summed E-state index contributed by atoms with van der Waals surface area (Å²) >= 11 is 0. The van der Waals surface area contributed by atoms with Crippen molar-refractivity contribution >= 4 is 41.1 Å². The number of hydrogen-bond acceptors (Lipinski definition) is 8. The summed E-state index contributed by atoms with van der Waals surface area (Å²) < 4.78 is 15.3. The topological polar surface area (TPSA) is 128 Å². The Kier molecular flexibility index (Phi) is 10.4. The average molecular weight is 525 g/mol. The van der Waals surface area contributed by atoms with Gasteiger partial charge >= 0.3 is 17.9 Å². The van der Waals surface area contributed by atoms with Gasteiger partial charge in [0.2, 0.25) is 5.91 Å². The molecule has 1 aliphatic rings. The molecule has 0 bridgehead atoms. The zero-order valence-corrected chi connectivity index (χ0v) is 21.6. The Morgan fingerprint density at radius 3 is 2.13 bits per heavy atom. The number of hydrogen-bond donors (Lipinski definition) is 1. The van der Waals surface area contributed by atoms with Crippen molar-refractivity contribution in [1.29, 1.82) is 0 Å². The molecule has 1 fully saturated rings. The van der Waals surface area contributed by atoms with Crippen molar-refractivity contribution in [1.82, 2.24) is 0 Å². The molecule has 0 saturated carbocycles. The predicted octanol–water partition coefficient (Wildman–Crippen LogP) is 3.75. The molecule has 3 rings (SSSR count). The second-order valence-corrected chi connectivity index (χ2v) is 8.75. The summed E-state index contributed by atoms with van der Waals surface area (Å²) in [5.41, 5.74) is 1.71. The third-order valence-corrected chi connectivity index (χ3v) is 5.88. The molecule has 10 nitrogen and oxygen atoms in total. The molecule has 2 aromatic carbocycles. The zero-order chi connectivity index (χ0) is 27.5. The van der Waals surface area contributed by atoms with Crippen LogP contribution in [0.4, 0.5) is 11.4 Å². The average Bonchev–Trinajstić information content (AvgIpc) is 3.32. The molecular formula is C28H32N2O8. The highest BCUT2D eigenvalue weighted by atomic mass is 16.5. The van der Waals surface area contributed by atoms with E-state index in [0.29, 0.717) is 29.1 Å². The van der Waals surface area contributed by atoms with Crippen molar-refractivity contribution in [3.05, 3.63) is 59.7 Å². The van der Waals surface area contributed by atoms with Gasteiger partial charge in [0.15, 0.2) is 6.61 Å². The summed E-state index contributed by atoms with van der Waals surface area (Å²) in [6.45, 7) is 3.99. The fourth-order valence-electron chi connectivity index (χ4n) is 3.85. The van der Waals surface area contributed by atoms with Crippen LogP contribution in [0, 0.1) is 5.92 Å². The molecular weight excluding hydrogens is 492 g/mol. The van der Waals surface area contributed by atoms with Crippen LogP contribution < -0.4 is 10.2 Å². The minimum atomic E-state index is -0.720. The molecule has 10 heteroatoms. The monoisotopic (exact) mass is 524 g/mol. The molecule has 0 unspecified atom stereocenters. The van der Waals surface area contributed by atoms with Gasteiger partial charge < -0.3 is 24.4 Å². The number of anilines is 2. The van der Waals surface area contributed by atoms with E-state index in [1.807, 2.05) is 0 Å². The van der Waals surface area contributed by atoms with Crippen molar-refractivity contribution in [3.63, 3.8) is 0 Å². The van der Waals surface area contributed by atoms with Gasteiger partial charge in [-0.05, 0) is 61.9 Å². The maximum absolute atomic E-state index is 12.5. The fourth-order valence-corrected chi connectivity index (χ4v) is 3.85. The molecule has 2 amide bonds. The number of benzene rings is 2. The fraction of sp³-hybridized carbons (Fsp3) is 0.393. The highest BCUT2D eigenvalue weighted by Gasteiger charge is 2.36. The lowest BCUT2D eigenvalue weighted by atomic mass is 10.1. The molecule has 2 aromatic rings. The van der Waals surface area contributed by atoms with Gasteiger partial charge in [0, 0.05) is 24.3 Å². The van der Waals surface area contributed by atoms with Gasteiger partial charge in [-0.1, -0.05) is 19.8 Å². The molecule has 1 saturated heterocycles. The number of ether oxygens (including phenoxy) is 3. The smallest absolute Gasteiger partial charge is 0.338 e. The maximum Gasteiger partial charge on any atom is 0.338 e. The Morgan fingerprint density at radius 1 is 0.868 bits per heavy atom. The van der Waals surface area contributed by atoms with E-state index in [1.54, 1.807) is 31.2 Å². The quantitative estimate of drug-likeness (QED) is 0.253. The maximum atomic E-state index is 12.5. The standard InChI is InChI=1S/C28H32N2O8/c1-3-5-6-15-37-27(34)20-9-13-23(14-10-20)30-17-21(16-25(30)32)28(35)38-18-24(31)29-22-11-7-19(8-12-22)26(33)36-4-2/h7-14,21H,3-6,15-18H2,1-2H3,(H,29,31)/t21-/m0/s1. The summed E-state index contributed by atoms with van der Waals surface area (Å²) in [6.07, 6.45) is 2.79. The van der Waals surface area contributed by atoms with Gasteiger partial charge in [0.25, 0.3) is 5.91 Å². The number of amides is 2. The van der Waals surface area contributed by atoms with E-state index in [9.17, 15) is 24.0 Å². The summed E-state index contributed by atoms with van der Waals surface area (Å²) in [5.74, 6) is -3.07. The molecule has 0 aromatic heterocycles. The van der Waals surface area contributed by atoms with Gasteiger partial charge in [-0.2, -0.15) is 0 Å². The number of carbonyl (C=O) groups excluding carboxylic acids is 5. The number of esters is 3. The Morgan fingerprint density at radius 2 is 1.50 bits per heavy atom. The zero-order valence-electron chi connectivity index (χ0n) is 21.6. The number of nitrogens with zero attached hydrogens (tertiary/aromatic N) is 1. The second-order valence-electron chi connectivity index (χ2n) is 8.75. The first-order valence-corrected chi connectivity index (χ1v) is 12.6. The van der Waals surface area contributed by atoms with E-state index in [2.05, 4.69) is 12.2 Å². The molecule has 0 aliphatic carbocycles. The highest BCUT2D eigenvalue weighted by Crippen LogP contribution is 2.26. The Balaban J connectivity index is 1.46. The van der Waals surface area contributed by atoms with E-state index in [0.717, 1.165) is 19.3 Å². The van der Waals surface area contributed by atoms with Crippen LogP contribution in [0.5, 0.6) is 0 Å². The normalized spacial score (nSPS) is 14.6. The van der Waals surface area contributed by atoms with Crippen molar-refractivity contribution in [2.75, 3.05) is 36.6 Å². The third-order valence-electron chi connectivity index (χ3n) is 5.88. The molecule has 1 N–H and O–H groups in total. The lowest BCUT2D eigenvalue weighted by Crippen LogP contribution is -2.28. The minimum absolute atomic E-state index is 0.0446. The van der Waals surface area contributed by atoms with Crippen LogP contribution in [0.15, 0.2) is 48.5 Å². The molecule has 1 atom stereocenters. The summed E-state index contributed by atoms with van der Waals surface area (Å²) in [4.78, 5) is 62.5. The van der Waals surface area contributed by atoms with Crippen LogP contribution >= 0.6 is 0 Å². The van der Waals surface area contributed by atoms with E-state index in [-0.39, 0.29) is 25.5 Å². The summed E-state index contributed by atoms with van der Waals surface area (Å²) in [5, 5.41) is 2.58. The van der Waals surface area contributed by atoms with Gasteiger partial charge in [-0.3, -0.25) is 14.4 Å². The van der Waals surface area contributed by atoms with Crippen LogP contribution in [0.25, 0.3) is 0 Å². The van der Waals surface area contributed by atoms with Crippen LogP contribution in [-0.4, -0.2) is 56.1 Å².